The molecular formula is C9H17N3O4S. The summed E-state index contributed by atoms with van der Waals surface area (Å²) in [7, 11) is 0. The molecule has 0 radical (unpaired) electrons. The molecule has 8 heteroatoms. The Kier molecular flexibility index (Phi) is 4.75. The lowest BCUT2D eigenvalue weighted by Gasteiger charge is -2.24. The Morgan fingerprint density at radius 3 is 2.82 bits per heavy atom. The topological polar surface area (TPSA) is 128 Å². The summed E-state index contributed by atoms with van der Waals surface area (Å²) in [6.07, 6.45) is 0.857. The molecule has 0 amide bonds. The van der Waals surface area contributed by atoms with Crippen LogP contribution in [0.15, 0.2) is 0 Å². The molecule has 17 heavy (non-hydrogen) atoms. The minimum Gasteiger partial charge on any atom is -0.479 e. The highest BCUT2D eigenvalue weighted by molar-refractivity contribution is 7.82. The summed E-state index contributed by atoms with van der Waals surface area (Å²) in [5.74, 6) is -1.59. The zero-order chi connectivity index (χ0) is 13.1. The van der Waals surface area contributed by atoms with Gasteiger partial charge in [-0.3, -0.25) is 4.79 Å². The van der Waals surface area contributed by atoms with E-state index in [0.29, 0.717) is 13.0 Å². The Labute approximate surface area is 104 Å². The molecule has 3 atom stereocenters. The van der Waals surface area contributed by atoms with Gasteiger partial charge in [0.2, 0.25) is 0 Å². The minimum absolute atomic E-state index is 0.0733. The number of hydroxylamine groups is 1. The van der Waals surface area contributed by atoms with Crippen molar-refractivity contribution >= 4 is 24.6 Å². The lowest BCUT2D eigenvalue weighted by atomic mass is 9.91. The molecule has 3 unspecified atom stereocenters. The largest absolute Gasteiger partial charge is 0.479 e. The van der Waals surface area contributed by atoms with Gasteiger partial charge in [-0.15, -0.1) is 18.1 Å². The summed E-state index contributed by atoms with van der Waals surface area (Å²) in [6.45, 7) is 0.317. The van der Waals surface area contributed by atoms with Gasteiger partial charge in [0.25, 0.3) is 0 Å². The highest BCUT2D eigenvalue weighted by Crippen LogP contribution is 2.23. The lowest BCUT2D eigenvalue weighted by Crippen LogP contribution is -2.44. The standard InChI is InChI=1S/C9H17N3O4S/c10-4-5(6-3-7(13)16-12-6)1-2-9(11,17)8(14)15/h5-6,12,17H,1-4,10-11H2,(H,14,15). The van der Waals surface area contributed by atoms with Crippen LogP contribution in [-0.2, 0) is 14.4 Å². The molecule has 0 saturated carbocycles. The molecule has 0 aromatic heterocycles. The Hall–Kier alpha value is -0.830. The van der Waals surface area contributed by atoms with E-state index in [1.165, 1.54) is 0 Å². The van der Waals surface area contributed by atoms with Crippen molar-refractivity contribution in [3.8, 4) is 0 Å². The molecule has 0 bridgehead atoms. The normalized spacial score (nSPS) is 25.1. The number of nitrogens with two attached hydrogens (primary N) is 2. The van der Waals surface area contributed by atoms with Crippen LogP contribution in [0.5, 0.6) is 0 Å². The molecular weight excluding hydrogens is 246 g/mol. The summed E-state index contributed by atoms with van der Waals surface area (Å²) in [5.41, 5.74) is 13.7. The maximum atomic E-state index is 10.9. The highest BCUT2D eigenvalue weighted by atomic mass is 32.1. The fourth-order valence-electron chi connectivity index (χ4n) is 1.66. The molecule has 1 saturated heterocycles. The van der Waals surface area contributed by atoms with E-state index in [4.69, 9.17) is 16.6 Å². The number of hydrogen-bond acceptors (Lipinski definition) is 7. The van der Waals surface area contributed by atoms with Gasteiger partial charge in [-0.05, 0) is 25.3 Å². The maximum Gasteiger partial charge on any atom is 0.333 e. The second-order valence-corrected chi connectivity index (χ2v) is 4.96. The molecule has 1 heterocycles. The van der Waals surface area contributed by atoms with Crippen molar-refractivity contribution in [2.45, 2.75) is 30.2 Å². The molecule has 1 rings (SSSR count). The fraction of sp³-hybridized carbons (Fsp3) is 0.778. The molecule has 7 nitrogen and oxygen atoms in total. The van der Waals surface area contributed by atoms with Gasteiger partial charge >= 0.3 is 11.9 Å². The van der Waals surface area contributed by atoms with Crippen molar-refractivity contribution in [3.05, 3.63) is 0 Å². The van der Waals surface area contributed by atoms with Crippen molar-refractivity contribution < 1.29 is 19.5 Å². The van der Waals surface area contributed by atoms with Crippen LogP contribution in [-0.4, -0.2) is 34.5 Å². The molecule has 6 N–H and O–H groups in total. The number of thiol groups is 1. The van der Waals surface area contributed by atoms with E-state index in [-0.39, 0.29) is 30.8 Å². The maximum absolute atomic E-state index is 10.9. The molecule has 0 aliphatic carbocycles. The van der Waals surface area contributed by atoms with Crippen LogP contribution in [0, 0.1) is 5.92 Å². The van der Waals surface area contributed by atoms with Crippen LogP contribution in [0.1, 0.15) is 19.3 Å². The van der Waals surface area contributed by atoms with Gasteiger partial charge in [-0.1, -0.05) is 0 Å². The second-order valence-electron chi connectivity index (χ2n) is 4.17. The van der Waals surface area contributed by atoms with Crippen molar-refractivity contribution in [3.63, 3.8) is 0 Å². The first-order chi connectivity index (χ1) is 7.86. The second kappa shape index (κ2) is 5.67. The number of carboxylic acids is 1. The predicted molar refractivity (Wildman–Crippen MR) is 63.0 cm³/mol. The monoisotopic (exact) mass is 263 g/mol. The summed E-state index contributed by atoms with van der Waals surface area (Å²) in [5, 5.41) is 8.81. The minimum atomic E-state index is -1.57. The van der Waals surface area contributed by atoms with Gasteiger partial charge in [0.15, 0.2) is 4.87 Å². The Bertz CT molecular complexity index is 311. The number of hydrogen-bond donors (Lipinski definition) is 5. The number of carbonyl (C=O) groups is 2. The van der Waals surface area contributed by atoms with Gasteiger partial charge < -0.3 is 21.4 Å². The number of carbonyl (C=O) groups excluding carboxylic acids is 1. The summed E-state index contributed by atoms with van der Waals surface area (Å²) in [6, 6.07) is -0.189. The average molecular weight is 263 g/mol. The van der Waals surface area contributed by atoms with E-state index >= 15 is 0 Å². The average Bonchev–Trinajstić information content (AvgIpc) is 2.65. The van der Waals surface area contributed by atoms with Crippen LogP contribution >= 0.6 is 12.6 Å². The van der Waals surface area contributed by atoms with Gasteiger partial charge in [0.1, 0.15) is 0 Å². The van der Waals surface area contributed by atoms with E-state index in [9.17, 15) is 9.59 Å². The highest BCUT2D eigenvalue weighted by Gasteiger charge is 2.34. The first-order valence-electron chi connectivity index (χ1n) is 5.26. The van der Waals surface area contributed by atoms with Crippen LogP contribution in [0.25, 0.3) is 0 Å². The van der Waals surface area contributed by atoms with Gasteiger partial charge in [-0.25, -0.2) is 4.79 Å². The van der Waals surface area contributed by atoms with Crippen LogP contribution in [0.4, 0.5) is 0 Å². The zero-order valence-electron chi connectivity index (χ0n) is 9.26. The van der Waals surface area contributed by atoms with Gasteiger partial charge in [0, 0.05) is 0 Å². The SMILES string of the molecule is NCC(CCC(N)(S)C(=O)O)C1CC(=O)ON1. The summed E-state index contributed by atoms with van der Waals surface area (Å²) < 4.78 is 0. The summed E-state index contributed by atoms with van der Waals surface area (Å²) in [4.78, 5) is 24.7. The zero-order valence-corrected chi connectivity index (χ0v) is 10.2. The van der Waals surface area contributed by atoms with E-state index in [1.54, 1.807) is 0 Å². The molecule has 0 aromatic carbocycles. The van der Waals surface area contributed by atoms with E-state index in [0.717, 1.165) is 0 Å². The quantitative estimate of drug-likeness (QED) is 0.302. The van der Waals surface area contributed by atoms with E-state index in [1.807, 2.05) is 0 Å². The van der Waals surface area contributed by atoms with Crippen molar-refractivity contribution in [1.82, 2.24) is 5.48 Å². The molecule has 1 aliphatic rings. The van der Waals surface area contributed by atoms with Crippen molar-refractivity contribution in [2.75, 3.05) is 6.54 Å². The van der Waals surface area contributed by atoms with E-state index < -0.39 is 10.8 Å². The van der Waals surface area contributed by atoms with Crippen molar-refractivity contribution in [1.29, 1.82) is 0 Å². The third kappa shape index (κ3) is 3.84. The van der Waals surface area contributed by atoms with Crippen LogP contribution in [0.3, 0.4) is 0 Å². The Balaban J connectivity index is 2.48. The Morgan fingerprint density at radius 1 is 1.76 bits per heavy atom. The predicted octanol–water partition coefficient (Wildman–Crippen LogP) is -1.17. The van der Waals surface area contributed by atoms with Crippen LogP contribution in [0.2, 0.25) is 0 Å². The third-order valence-electron chi connectivity index (χ3n) is 2.85. The van der Waals surface area contributed by atoms with Crippen LogP contribution < -0.4 is 16.9 Å². The third-order valence-corrected chi connectivity index (χ3v) is 3.26. The number of nitrogens with one attached hydrogen (secondary N) is 1. The van der Waals surface area contributed by atoms with Gasteiger partial charge in [-0.2, -0.15) is 0 Å². The fourth-order valence-corrected chi connectivity index (χ4v) is 1.79. The smallest absolute Gasteiger partial charge is 0.333 e. The first kappa shape index (κ1) is 14.2. The number of aliphatic carboxylic acids is 1. The summed E-state index contributed by atoms with van der Waals surface area (Å²) >= 11 is 3.87. The molecule has 98 valence electrons. The molecule has 1 aliphatic heterocycles. The molecule has 0 spiro atoms. The lowest BCUT2D eigenvalue weighted by molar-refractivity contribution is -0.143. The molecule has 0 aromatic rings. The Morgan fingerprint density at radius 2 is 2.41 bits per heavy atom. The number of rotatable bonds is 6. The first-order valence-corrected chi connectivity index (χ1v) is 5.71. The van der Waals surface area contributed by atoms with E-state index in [2.05, 4.69) is 22.9 Å². The van der Waals surface area contributed by atoms with Crippen molar-refractivity contribution in [2.24, 2.45) is 17.4 Å². The molecule has 1 fully saturated rings. The number of carboxylic acid groups (broad SMARTS) is 1. The van der Waals surface area contributed by atoms with Gasteiger partial charge in [0.05, 0.1) is 12.5 Å².